The van der Waals surface area contributed by atoms with E-state index in [1.807, 2.05) is 0 Å². The molecule has 1 aromatic heterocycles. The third kappa shape index (κ3) is 3.34. The summed E-state index contributed by atoms with van der Waals surface area (Å²) < 4.78 is 6.63. The van der Waals surface area contributed by atoms with Crippen LogP contribution in [0.3, 0.4) is 0 Å². The molecule has 0 aromatic carbocycles. The fourth-order valence-electron chi connectivity index (χ4n) is 1.36. The topological polar surface area (TPSA) is 56.2 Å². The molecule has 5 nitrogen and oxygen atoms in total. The molecule has 0 bridgehead atoms. The SMILES string of the molecule is COCc1nn(C)cc1C(=O)NCC(C)C. The van der Waals surface area contributed by atoms with Gasteiger partial charge in [0.25, 0.3) is 5.91 Å². The van der Waals surface area contributed by atoms with Crippen molar-refractivity contribution >= 4 is 5.91 Å². The van der Waals surface area contributed by atoms with Crippen molar-refractivity contribution in [3.8, 4) is 0 Å². The number of aromatic nitrogens is 2. The average molecular weight is 225 g/mol. The van der Waals surface area contributed by atoms with Crippen LogP contribution >= 0.6 is 0 Å². The molecule has 1 rings (SSSR count). The highest BCUT2D eigenvalue weighted by Gasteiger charge is 2.15. The van der Waals surface area contributed by atoms with E-state index < -0.39 is 0 Å². The van der Waals surface area contributed by atoms with E-state index in [9.17, 15) is 4.79 Å². The van der Waals surface area contributed by atoms with E-state index in [0.717, 1.165) is 0 Å². The van der Waals surface area contributed by atoms with Gasteiger partial charge in [-0.2, -0.15) is 5.10 Å². The minimum Gasteiger partial charge on any atom is -0.378 e. The molecule has 5 heteroatoms. The third-order valence-corrected chi connectivity index (χ3v) is 2.10. The molecule has 16 heavy (non-hydrogen) atoms. The summed E-state index contributed by atoms with van der Waals surface area (Å²) in [4.78, 5) is 11.8. The number of rotatable bonds is 5. The van der Waals surface area contributed by atoms with Gasteiger partial charge in [0.2, 0.25) is 0 Å². The van der Waals surface area contributed by atoms with Gasteiger partial charge in [0.15, 0.2) is 0 Å². The Kier molecular flexibility index (Phi) is 4.49. The fraction of sp³-hybridized carbons (Fsp3) is 0.636. The van der Waals surface area contributed by atoms with Gasteiger partial charge in [0, 0.05) is 26.9 Å². The minimum atomic E-state index is -0.0890. The van der Waals surface area contributed by atoms with Gasteiger partial charge in [-0.25, -0.2) is 0 Å². The third-order valence-electron chi connectivity index (χ3n) is 2.10. The zero-order valence-electron chi connectivity index (χ0n) is 10.3. The van der Waals surface area contributed by atoms with Gasteiger partial charge >= 0.3 is 0 Å². The quantitative estimate of drug-likeness (QED) is 0.811. The number of carbonyl (C=O) groups excluding carboxylic acids is 1. The second-order valence-electron chi connectivity index (χ2n) is 4.20. The lowest BCUT2D eigenvalue weighted by molar-refractivity contribution is 0.0944. The number of methoxy groups -OCH3 is 1. The lowest BCUT2D eigenvalue weighted by atomic mass is 10.2. The predicted octanol–water partition coefficient (Wildman–Crippen LogP) is 0.952. The summed E-state index contributed by atoms with van der Waals surface area (Å²) in [6, 6.07) is 0. The van der Waals surface area contributed by atoms with Crippen molar-refractivity contribution in [1.29, 1.82) is 0 Å². The number of nitrogens with one attached hydrogen (secondary N) is 1. The summed E-state index contributed by atoms with van der Waals surface area (Å²) in [5.41, 5.74) is 1.26. The number of carbonyl (C=O) groups is 1. The average Bonchev–Trinajstić information content (AvgIpc) is 2.56. The summed E-state index contributed by atoms with van der Waals surface area (Å²) in [6.45, 7) is 5.13. The smallest absolute Gasteiger partial charge is 0.254 e. The number of hydrogen-bond acceptors (Lipinski definition) is 3. The maximum Gasteiger partial charge on any atom is 0.254 e. The lowest BCUT2D eigenvalue weighted by Gasteiger charge is -2.07. The molecular formula is C11H19N3O2. The Morgan fingerprint density at radius 3 is 2.88 bits per heavy atom. The monoisotopic (exact) mass is 225 g/mol. The van der Waals surface area contributed by atoms with Crippen LogP contribution in [-0.4, -0.2) is 29.3 Å². The molecule has 1 aromatic rings. The Labute approximate surface area is 95.8 Å². The number of nitrogens with zero attached hydrogens (tertiary/aromatic N) is 2. The molecule has 0 unspecified atom stereocenters. The maximum atomic E-state index is 11.8. The standard InChI is InChI=1S/C11H19N3O2/c1-8(2)5-12-11(15)9-6-14(3)13-10(9)7-16-4/h6,8H,5,7H2,1-4H3,(H,12,15). The number of ether oxygens (including phenoxy) is 1. The fourth-order valence-corrected chi connectivity index (χ4v) is 1.36. The first-order chi connectivity index (χ1) is 7.54. The number of hydrogen-bond donors (Lipinski definition) is 1. The van der Waals surface area contributed by atoms with Crippen LogP contribution in [0.2, 0.25) is 0 Å². The van der Waals surface area contributed by atoms with Crippen molar-refractivity contribution in [2.45, 2.75) is 20.5 Å². The lowest BCUT2D eigenvalue weighted by Crippen LogP contribution is -2.27. The van der Waals surface area contributed by atoms with Crippen LogP contribution in [0.15, 0.2) is 6.20 Å². The molecule has 0 fully saturated rings. The number of amides is 1. The Hall–Kier alpha value is -1.36. The van der Waals surface area contributed by atoms with Crippen LogP contribution in [0.25, 0.3) is 0 Å². The summed E-state index contributed by atoms with van der Waals surface area (Å²) in [7, 11) is 3.38. The molecule has 0 atom stereocenters. The van der Waals surface area contributed by atoms with Gasteiger partial charge in [-0.05, 0) is 5.92 Å². The van der Waals surface area contributed by atoms with Crippen LogP contribution in [-0.2, 0) is 18.4 Å². The highest BCUT2D eigenvalue weighted by Crippen LogP contribution is 2.07. The van der Waals surface area contributed by atoms with Crippen molar-refractivity contribution in [2.75, 3.05) is 13.7 Å². The van der Waals surface area contributed by atoms with Crippen molar-refractivity contribution in [3.05, 3.63) is 17.5 Å². The first kappa shape index (κ1) is 12.7. The Morgan fingerprint density at radius 2 is 2.31 bits per heavy atom. The summed E-state index contributed by atoms with van der Waals surface area (Å²) in [6.07, 6.45) is 1.71. The highest BCUT2D eigenvalue weighted by atomic mass is 16.5. The summed E-state index contributed by atoms with van der Waals surface area (Å²) in [5.74, 6) is 0.348. The van der Waals surface area contributed by atoms with E-state index in [2.05, 4.69) is 24.3 Å². The van der Waals surface area contributed by atoms with Gasteiger partial charge in [-0.3, -0.25) is 9.48 Å². The zero-order chi connectivity index (χ0) is 12.1. The van der Waals surface area contributed by atoms with E-state index in [-0.39, 0.29) is 5.91 Å². The van der Waals surface area contributed by atoms with Gasteiger partial charge in [0.05, 0.1) is 12.2 Å². The van der Waals surface area contributed by atoms with Crippen LogP contribution < -0.4 is 5.32 Å². The van der Waals surface area contributed by atoms with Crippen LogP contribution in [0.4, 0.5) is 0 Å². The van der Waals surface area contributed by atoms with Crippen molar-refractivity contribution < 1.29 is 9.53 Å². The van der Waals surface area contributed by atoms with Crippen LogP contribution in [0, 0.1) is 5.92 Å². The van der Waals surface area contributed by atoms with Crippen LogP contribution in [0.1, 0.15) is 29.9 Å². The van der Waals surface area contributed by atoms with Gasteiger partial charge < -0.3 is 10.1 Å². The molecule has 0 aliphatic heterocycles. The Balaban J connectivity index is 2.73. The van der Waals surface area contributed by atoms with Crippen molar-refractivity contribution in [1.82, 2.24) is 15.1 Å². The van der Waals surface area contributed by atoms with Gasteiger partial charge in [-0.1, -0.05) is 13.8 Å². The molecule has 1 N–H and O–H groups in total. The molecule has 90 valence electrons. The molecule has 0 aliphatic carbocycles. The first-order valence-corrected chi connectivity index (χ1v) is 5.34. The molecule has 1 heterocycles. The van der Waals surface area contributed by atoms with E-state index in [0.29, 0.717) is 30.3 Å². The maximum absolute atomic E-state index is 11.8. The second kappa shape index (κ2) is 5.65. The molecule has 0 aliphatic rings. The van der Waals surface area contributed by atoms with E-state index in [1.54, 1.807) is 25.0 Å². The second-order valence-corrected chi connectivity index (χ2v) is 4.20. The molecule has 0 radical (unpaired) electrons. The van der Waals surface area contributed by atoms with E-state index in [1.165, 1.54) is 0 Å². The number of aryl methyl sites for hydroxylation is 1. The summed E-state index contributed by atoms with van der Waals surface area (Å²) in [5, 5.41) is 7.04. The molecule has 0 saturated heterocycles. The van der Waals surface area contributed by atoms with E-state index in [4.69, 9.17) is 4.74 Å². The van der Waals surface area contributed by atoms with Crippen molar-refractivity contribution in [3.63, 3.8) is 0 Å². The predicted molar refractivity (Wildman–Crippen MR) is 61.1 cm³/mol. The Bertz CT molecular complexity index is 358. The van der Waals surface area contributed by atoms with Gasteiger partial charge in [0.1, 0.15) is 5.69 Å². The van der Waals surface area contributed by atoms with Gasteiger partial charge in [-0.15, -0.1) is 0 Å². The molecular weight excluding hydrogens is 206 g/mol. The van der Waals surface area contributed by atoms with Crippen molar-refractivity contribution in [2.24, 2.45) is 13.0 Å². The molecule has 0 saturated carbocycles. The normalized spacial score (nSPS) is 10.8. The van der Waals surface area contributed by atoms with Crippen LogP contribution in [0.5, 0.6) is 0 Å². The Morgan fingerprint density at radius 1 is 1.62 bits per heavy atom. The largest absolute Gasteiger partial charge is 0.378 e. The minimum absolute atomic E-state index is 0.0890. The van der Waals surface area contributed by atoms with E-state index >= 15 is 0 Å². The summed E-state index contributed by atoms with van der Waals surface area (Å²) >= 11 is 0. The zero-order valence-corrected chi connectivity index (χ0v) is 10.3. The first-order valence-electron chi connectivity index (χ1n) is 5.34. The molecule has 0 spiro atoms. The highest BCUT2D eigenvalue weighted by molar-refractivity contribution is 5.95. The molecule has 1 amide bonds.